The first-order valence-electron chi connectivity index (χ1n) is 6.73. The molecule has 0 fully saturated rings. The highest BCUT2D eigenvalue weighted by molar-refractivity contribution is 5.82. The van der Waals surface area contributed by atoms with E-state index in [4.69, 9.17) is 5.73 Å². The number of anilines is 1. The number of imidazole rings is 1. The molecule has 8 nitrogen and oxygen atoms in total. The lowest BCUT2D eigenvalue weighted by atomic mass is 10.2. The molecule has 0 spiro atoms. The molecule has 114 valence electrons. The van der Waals surface area contributed by atoms with Crippen molar-refractivity contribution < 1.29 is 9.02 Å². The second kappa shape index (κ2) is 5.13. The second-order valence-electron chi connectivity index (χ2n) is 4.88. The van der Waals surface area contributed by atoms with Crippen LogP contribution in [0, 0.1) is 5.82 Å². The van der Waals surface area contributed by atoms with Gasteiger partial charge in [0, 0.05) is 6.20 Å². The van der Waals surface area contributed by atoms with Gasteiger partial charge in [0.15, 0.2) is 23.2 Å². The third-order valence-electron chi connectivity index (χ3n) is 3.44. The molecule has 0 amide bonds. The molecule has 4 rings (SSSR count). The van der Waals surface area contributed by atoms with Crippen LogP contribution in [0.2, 0.25) is 0 Å². The molecule has 1 aromatic carbocycles. The molecular formula is C14H10FN7O. The highest BCUT2D eigenvalue weighted by atomic mass is 19.1. The van der Waals surface area contributed by atoms with Crippen LogP contribution in [-0.2, 0) is 6.54 Å². The van der Waals surface area contributed by atoms with E-state index >= 15 is 0 Å². The number of para-hydroxylation sites is 1. The van der Waals surface area contributed by atoms with Crippen LogP contribution in [0.3, 0.4) is 0 Å². The number of nitrogens with zero attached hydrogens (tertiary/aromatic N) is 6. The maximum absolute atomic E-state index is 14.1. The molecular weight excluding hydrogens is 301 g/mol. The van der Waals surface area contributed by atoms with Crippen LogP contribution in [0.15, 0.2) is 41.3 Å². The zero-order chi connectivity index (χ0) is 15.8. The lowest BCUT2D eigenvalue weighted by molar-refractivity contribution is 0.310. The van der Waals surface area contributed by atoms with E-state index in [0.29, 0.717) is 17.9 Å². The molecule has 0 aliphatic rings. The fraction of sp³-hybridized carbons (Fsp3) is 0.0714. The topological polar surface area (TPSA) is 109 Å². The van der Waals surface area contributed by atoms with Crippen LogP contribution < -0.4 is 5.73 Å². The molecule has 23 heavy (non-hydrogen) atoms. The lowest BCUT2D eigenvalue weighted by Gasteiger charge is -2.07. The van der Waals surface area contributed by atoms with E-state index in [9.17, 15) is 4.39 Å². The molecule has 0 bridgehead atoms. The monoisotopic (exact) mass is 311 g/mol. The van der Waals surface area contributed by atoms with Gasteiger partial charge in [-0.1, -0.05) is 6.07 Å². The van der Waals surface area contributed by atoms with Gasteiger partial charge in [0.1, 0.15) is 5.52 Å². The zero-order valence-electron chi connectivity index (χ0n) is 11.7. The van der Waals surface area contributed by atoms with Crippen LogP contribution in [0.4, 0.5) is 10.2 Å². The molecule has 0 saturated carbocycles. The summed E-state index contributed by atoms with van der Waals surface area (Å²) in [5.74, 6) is 0.0425. The van der Waals surface area contributed by atoms with E-state index in [2.05, 4.69) is 30.1 Å². The predicted molar refractivity (Wildman–Crippen MR) is 78.5 cm³/mol. The maximum atomic E-state index is 14.1. The van der Waals surface area contributed by atoms with Crippen molar-refractivity contribution in [3.8, 4) is 11.5 Å². The summed E-state index contributed by atoms with van der Waals surface area (Å²) in [6.45, 7) is 0.400. The van der Waals surface area contributed by atoms with Gasteiger partial charge in [-0.25, -0.2) is 14.0 Å². The van der Waals surface area contributed by atoms with Crippen molar-refractivity contribution in [3.05, 3.63) is 48.0 Å². The zero-order valence-corrected chi connectivity index (χ0v) is 11.7. The van der Waals surface area contributed by atoms with Gasteiger partial charge >= 0.3 is 0 Å². The van der Waals surface area contributed by atoms with E-state index in [1.807, 2.05) is 6.07 Å². The number of hydrogen-bond donors (Lipinski definition) is 1. The summed E-state index contributed by atoms with van der Waals surface area (Å²) in [6.07, 6.45) is 3.21. The normalized spacial score (nSPS) is 11.2. The number of benzene rings is 1. The number of nitrogen functional groups attached to an aromatic ring is 1. The molecule has 3 aromatic heterocycles. The number of fused-ring (bicyclic) bond motifs is 1. The van der Waals surface area contributed by atoms with Gasteiger partial charge in [-0.2, -0.15) is 10.2 Å². The molecule has 0 aliphatic carbocycles. The Bertz CT molecular complexity index is 979. The fourth-order valence-corrected chi connectivity index (χ4v) is 2.40. The van der Waals surface area contributed by atoms with Crippen LogP contribution in [0.1, 0.15) is 5.56 Å². The van der Waals surface area contributed by atoms with Crippen molar-refractivity contribution in [2.45, 2.75) is 6.54 Å². The minimum Gasteiger partial charge on any atom is -0.379 e. The molecule has 2 N–H and O–H groups in total. The van der Waals surface area contributed by atoms with E-state index < -0.39 is 5.82 Å². The second-order valence-corrected chi connectivity index (χ2v) is 4.88. The van der Waals surface area contributed by atoms with Gasteiger partial charge in [0.2, 0.25) is 0 Å². The highest BCUT2D eigenvalue weighted by Gasteiger charge is 2.20. The third kappa shape index (κ3) is 2.18. The number of halogens is 1. The molecule has 4 aromatic rings. The van der Waals surface area contributed by atoms with Crippen molar-refractivity contribution in [3.63, 3.8) is 0 Å². The third-order valence-corrected chi connectivity index (χ3v) is 3.44. The minimum atomic E-state index is -0.426. The molecule has 9 heteroatoms. The Morgan fingerprint density at radius 3 is 2.83 bits per heavy atom. The van der Waals surface area contributed by atoms with Crippen molar-refractivity contribution in [1.29, 1.82) is 0 Å². The number of aromatic nitrogens is 6. The average Bonchev–Trinajstić information content (AvgIpc) is 3.13. The van der Waals surface area contributed by atoms with E-state index in [-0.39, 0.29) is 17.0 Å². The first-order chi connectivity index (χ1) is 11.2. The van der Waals surface area contributed by atoms with Crippen LogP contribution in [-0.4, -0.2) is 30.1 Å². The Morgan fingerprint density at radius 2 is 2.09 bits per heavy atom. The van der Waals surface area contributed by atoms with E-state index in [0.717, 1.165) is 5.56 Å². The Morgan fingerprint density at radius 1 is 1.17 bits per heavy atom. The first kappa shape index (κ1) is 13.3. The molecule has 0 unspecified atom stereocenters. The number of rotatable bonds is 3. The van der Waals surface area contributed by atoms with Crippen molar-refractivity contribution in [1.82, 2.24) is 30.1 Å². The standard InChI is InChI=1S/C14H10FN7O/c15-9-2-1-3-10-11(9)19-14(12-13(16)21-23-20-12)22(10)7-8-4-5-17-18-6-8/h1-6H,7H2,(H2,16,21). The minimum absolute atomic E-state index is 0.0924. The van der Waals surface area contributed by atoms with Gasteiger partial charge in [-0.3, -0.25) is 0 Å². The van der Waals surface area contributed by atoms with Crippen molar-refractivity contribution >= 4 is 16.9 Å². The molecule has 3 heterocycles. The van der Waals surface area contributed by atoms with Gasteiger partial charge in [0.05, 0.1) is 18.3 Å². The summed E-state index contributed by atoms with van der Waals surface area (Å²) >= 11 is 0. The van der Waals surface area contributed by atoms with Gasteiger partial charge in [-0.15, -0.1) is 0 Å². The van der Waals surface area contributed by atoms with Gasteiger partial charge in [0.25, 0.3) is 0 Å². The Labute approximate surface area is 128 Å². The fourth-order valence-electron chi connectivity index (χ4n) is 2.40. The smallest absolute Gasteiger partial charge is 0.199 e. The highest BCUT2D eigenvalue weighted by Crippen LogP contribution is 2.28. The summed E-state index contributed by atoms with van der Waals surface area (Å²) in [7, 11) is 0. The number of nitrogens with two attached hydrogens (primary N) is 1. The summed E-state index contributed by atoms with van der Waals surface area (Å²) in [4.78, 5) is 4.32. The van der Waals surface area contributed by atoms with Gasteiger partial charge in [-0.05, 0) is 34.1 Å². The van der Waals surface area contributed by atoms with Crippen molar-refractivity contribution in [2.75, 3.05) is 5.73 Å². The van der Waals surface area contributed by atoms with Crippen LogP contribution >= 0.6 is 0 Å². The molecule has 0 radical (unpaired) electrons. The SMILES string of the molecule is Nc1nonc1-c1nc2c(F)cccc2n1Cc1ccnnc1. The summed E-state index contributed by atoms with van der Waals surface area (Å²) in [5, 5.41) is 14.9. The van der Waals surface area contributed by atoms with Crippen molar-refractivity contribution in [2.24, 2.45) is 0 Å². The maximum Gasteiger partial charge on any atom is 0.199 e. The van der Waals surface area contributed by atoms with Crippen LogP contribution in [0.5, 0.6) is 0 Å². The largest absolute Gasteiger partial charge is 0.379 e. The van der Waals surface area contributed by atoms with E-state index in [1.54, 1.807) is 29.1 Å². The lowest BCUT2D eigenvalue weighted by Crippen LogP contribution is -2.04. The predicted octanol–water partition coefficient (Wildman–Crippen LogP) is 1.65. The van der Waals surface area contributed by atoms with E-state index in [1.165, 1.54) is 6.07 Å². The summed E-state index contributed by atoms with van der Waals surface area (Å²) in [5.41, 5.74) is 7.74. The Kier molecular flexibility index (Phi) is 2.97. The number of hydrogen-bond acceptors (Lipinski definition) is 7. The van der Waals surface area contributed by atoms with Crippen LogP contribution in [0.25, 0.3) is 22.6 Å². The quantitative estimate of drug-likeness (QED) is 0.612. The molecule has 0 aliphatic heterocycles. The summed E-state index contributed by atoms with van der Waals surface area (Å²) in [6, 6.07) is 6.55. The molecule has 0 atom stereocenters. The first-order valence-corrected chi connectivity index (χ1v) is 6.73. The summed E-state index contributed by atoms with van der Waals surface area (Å²) < 4.78 is 20.5. The average molecular weight is 311 g/mol. The molecule has 0 saturated heterocycles. The Hall–Kier alpha value is -3.36. The van der Waals surface area contributed by atoms with Gasteiger partial charge < -0.3 is 10.3 Å². The Balaban J connectivity index is 1.96.